The van der Waals surface area contributed by atoms with Gasteiger partial charge < -0.3 is 4.74 Å². The lowest BCUT2D eigenvalue weighted by atomic mass is 10.0. The predicted molar refractivity (Wildman–Crippen MR) is 79.7 cm³/mol. The summed E-state index contributed by atoms with van der Waals surface area (Å²) in [6, 6.07) is 12.5. The van der Waals surface area contributed by atoms with Gasteiger partial charge in [0, 0.05) is 10.1 Å². The van der Waals surface area contributed by atoms with E-state index in [-0.39, 0.29) is 5.97 Å². The lowest BCUT2D eigenvalue weighted by Crippen LogP contribution is -2.06. The van der Waals surface area contributed by atoms with Crippen molar-refractivity contribution in [2.45, 2.75) is 13.3 Å². The molecule has 3 rings (SSSR count). The minimum absolute atomic E-state index is 0.157. The summed E-state index contributed by atoms with van der Waals surface area (Å²) in [6.45, 7) is 2.26. The zero-order chi connectivity index (χ0) is 13.2. The van der Waals surface area contributed by atoms with E-state index in [2.05, 4.69) is 29.6 Å². The molecule has 0 spiro atoms. The van der Waals surface area contributed by atoms with Gasteiger partial charge in [0.05, 0.1) is 13.0 Å². The Labute approximate surface area is 115 Å². The lowest BCUT2D eigenvalue weighted by molar-refractivity contribution is -0.142. The van der Waals surface area contributed by atoms with Crippen LogP contribution in [0.4, 0.5) is 0 Å². The number of hydrogen-bond donors (Lipinski definition) is 0. The molecule has 0 fully saturated rings. The molecule has 0 saturated heterocycles. The Balaban J connectivity index is 2.15. The third kappa shape index (κ3) is 2.22. The summed E-state index contributed by atoms with van der Waals surface area (Å²) in [6.07, 6.45) is 0.349. The van der Waals surface area contributed by atoms with E-state index in [1.807, 2.05) is 19.1 Å². The molecule has 96 valence electrons. The Morgan fingerprint density at radius 3 is 2.89 bits per heavy atom. The van der Waals surface area contributed by atoms with Gasteiger partial charge in [-0.15, -0.1) is 11.3 Å². The highest BCUT2D eigenvalue weighted by atomic mass is 32.1. The van der Waals surface area contributed by atoms with Gasteiger partial charge in [-0.3, -0.25) is 4.79 Å². The first kappa shape index (κ1) is 12.2. The SMILES string of the molecule is CCOC(=O)Cc1csc2ccc3ccccc3c12. The van der Waals surface area contributed by atoms with Crippen LogP contribution in [0.5, 0.6) is 0 Å². The Kier molecular flexibility index (Phi) is 3.22. The number of esters is 1. The van der Waals surface area contributed by atoms with Crippen molar-refractivity contribution in [2.24, 2.45) is 0 Å². The van der Waals surface area contributed by atoms with Gasteiger partial charge in [0.2, 0.25) is 0 Å². The van der Waals surface area contributed by atoms with E-state index in [4.69, 9.17) is 4.74 Å². The van der Waals surface area contributed by atoms with Crippen molar-refractivity contribution in [1.82, 2.24) is 0 Å². The van der Waals surface area contributed by atoms with Crippen LogP contribution in [0.1, 0.15) is 12.5 Å². The average molecular weight is 270 g/mol. The molecule has 1 aromatic heterocycles. The van der Waals surface area contributed by atoms with Gasteiger partial charge >= 0.3 is 5.97 Å². The Morgan fingerprint density at radius 1 is 1.21 bits per heavy atom. The zero-order valence-corrected chi connectivity index (χ0v) is 11.5. The summed E-state index contributed by atoms with van der Waals surface area (Å²) >= 11 is 1.68. The van der Waals surface area contributed by atoms with Crippen LogP contribution in [-0.2, 0) is 16.0 Å². The first-order valence-electron chi connectivity index (χ1n) is 6.33. The van der Waals surface area contributed by atoms with Crippen LogP contribution in [0.15, 0.2) is 41.8 Å². The molecule has 19 heavy (non-hydrogen) atoms. The molecule has 3 aromatic rings. The van der Waals surface area contributed by atoms with Crippen LogP contribution in [0.25, 0.3) is 20.9 Å². The van der Waals surface area contributed by atoms with E-state index < -0.39 is 0 Å². The Hall–Kier alpha value is -1.87. The molecule has 2 nitrogen and oxygen atoms in total. The molecular weight excluding hydrogens is 256 g/mol. The minimum atomic E-state index is -0.157. The molecule has 3 heteroatoms. The molecule has 0 unspecified atom stereocenters. The molecule has 0 saturated carbocycles. The third-order valence-electron chi connectivity index (χ3n) is 3.18. The van der Waals surface area contributed by atoms with Gasteiger partial charge in [-0.2, -0.15) is 0 Å². The topological polar surface area (TPSA) is 26.3 Å². The fourth-order valence-electron chi connectivity index (χ4n) is 2.37. The summed E-state index contributed by atoms with van der Waals surface area (Å²) in [5.74, 6) is -0.157. The molecular formula is C16H14O2S. The number of carbonyl (C=O) groups is 1. The monoisotopic (exact) mass is 270 g/mol. The maximum absolute atomic E-state index is 11.7. The minimum Gasteiger partial charge on any atom is -0.466 e. The number of carbonyl (C=O) groups excluding carboxylic acids is 1. The first-order chi connectivity index (χ1) is 9.29. The van der Waals surface area contributed by atoms with E-state index in [1.54, 1.807) is 11.3 Å². The fourth-order valence-corrected chi connectivity index (χ4v) is 3.35. The highest BCUT2D eigenvalue weighted by molar-refractivity contribution is 7.17. The summed E-state index contributed by atoms with van der Waals surface area (Å²) in [5.41, 5.74) is 1.07. The molecule has 0 aliphatic carbocycles. The number of thiophene rings is 1. The van der Waals surface area contributed by atoms with E-state index in [0.717, 1.165) is 5.56 Å². The molecule has 0 atom stereocenters. The maximum Gasteiger partial charge on any atom is 0.310 e. The van der Waals surface area contributed by atoms with Crippen molar-refractivity contribution < 1.29 is 9.53 Å². The van der Waals surface area contributed by atoms with Crippen molar-refractivity contribution in [3.8, 4) is 0 Å². The second-order valence-corrected chi connectivity index (χ2v) is 5.31. The molecule has 2 aromatic carbocycles. The van der Waals surface area contributed by atoms with Crippen LogP contribution in [0.3, 0.4) is 0 Å². The van der Waals surface area contributed by atoms with E-state index in [9.17, 15) is 4.79 Å². The quantitative estimate of drug-likeness (QED) is 0.668. The largest absolute Gasteiger partial charge is 0.466 e. The molecule has 1 heterocycles. The van der Waals surface area contributed by atoms with Crippen LogP contribution in [-0.4, -0.2) is 12.6 Å². The van der Waals surface area contributed by atoms with Crippen molar-refractivity contribution in [3.63, 3.8) is 0 Å². The molecule has 0 aliphatic rings. The second-order valence-electron chi connectivity index (χ2n) is 4.40. The Morgan fingerprint density at radius 2 is 2.05 bits per heavy atom. The van der Waals surface area contributed by atoms with Gasteiger partial charge in [0.15, 0.2) is 0 Å². The van der Waals surface area contributed by atoms with E-state index >= 15 is 0 Å². The van der Waals surface area contributed by atoms with Gasteiger partial charge in [-0.05, 0) is 34.7 Å². The average Bonchev–Trinajstić information content (AvgIpc) is 2.82. The smallest absolute Gasteiger partial charge is 0.310 e. The van der Waals surface area contributed by atoms with E-state index in [0.29, 0.717) is 13.0 Å². The maximum atomic E-state index is 11.7. The summed E-state index contributed by atoms with van der Waals surface area (Å²) in [5, 5.41) is 5.67. The van der Waals surface area contributed by atoms with Gasteiger partial charge in [-0.1, -0.05) is 30.3 Å². The predicted octanol–water partition coefficient (Wildman–Crippen LogP) is 4.16. The molecule has 0 amide bonds. The fraction of sp³-hybridized carbons (Fsp3) is 0.188. The van der Waals surface area contributed by atoms with Crippen LogP contribution in [0, 0.1) is 0 Å². The van der Waals surface area contributed by atoms with Crippen LogP contribution in [0.2, 0.25) is 0 Å². The second kappa shape index (κ2) is 5.02. The standard InChI is InChI=1S/C16H14O2S/c1-2-18-15(17)9-12-10-19-14-8-7-11-5-3-4-6-13(11)16(12)14/h3-8,10H,2,9H2,1H3. The van der Waals surface area contributed by atoms with Crippen LogP contribution >= 0.6 is 11.3 Å². The lowest BCUT2D eigenvalue weighted by Gasteiger charge is -2.04. The van der Waals surface area contributed by atoms with Crippen molar-refractivity contribution in [2.75, 3.05) is 6.61 Å². The van der Waals surface area contributed by atoms with Crippen molar-refractivity contribution >= 4 is 38.2 Å². The van der Waals surface area contributed by atoms with E-state index in [1.165, 1.54) is 20.9 Å². The van der Waals surface area contributed by atoms with Crippen LogP contribution < -0.4 is 0 Å². The van der Waals surface area contributed by atoms with Crippen molar-refractivity contribution in [3.05, 3.63) is 47.3 Å². The number of ether oxygens (including phenoxy) is 1. The normalized spacial score (nSPS) is 11.0. The molecule has 0 bridgehead atoms. The van der Waals surface area contributed by atoms with Crippen molar-refractivity contribution in [1.29, 1.82) is 0 Å². The van der Waals surface area contributed by atoms with Gasteiger partial charge in [-0.25, -0.2) is 0 Å². The molecule has 0 radical (unpaired) electrons. The highest BCUT2D eigenvalue weighted by Crippen LogP contribution is 2.33. The molecule has 0 aliphatic heterocycles. The Bertz CT molecular complexity index is 743. The molecule has 0 N–H and O–H groups in total. The highest BCUT2D eigenvalue weighted by Gasteiger charge is 2.12. The summed E-state index contributed by atoms with van der Waals surface area (Å²) < 4.78 is 6.26. The number of hydrogen-bond acceptors (Lipinski definition) is 3. The zero-order valence-electron chi connectivity index (χ0n) is 10.7. The number of rotatable bonds is 3. The van der Waals surface area contributed by atoms with Gasteiger partial charge in [0.1, 0.15) is 0 Å². The summed E-state index contributed by atoms with van der Waals surface area (Å²) in [7, 11) is 0. The number of benzene rings is 2. The number of fused-ring (bicyclic) bond motifs is 3. The summed E-state index contributed by atoms with van der Waals surface area (Å²) in [4.78, 5) is 11.7. The van der Waals surface area contributed by atoms with Gasteiger partial charge in [0.25, 0.3) is 0 Å². The first-order valence-corrected chi connectivity index (χ1v) is 7.21. The third-order valence-corrected chi connectivity index (χ3v) is 4.18.